The first-order valence-corrected chi connectivity index (χ1v) is 13.3. The van der Waals surface area contributed by atoms with E-state index >= 15 is 0 Å². The summed E-state index contributed by atoms with van der Waals surface area (Å²) < 4.78 is 35.5. The van der Waals surface area contributed by atoms with Gasteiger partial charge in [0.1, 0.15) is 11.8 Å². The second-order valence-electron chi connectivity index (χ2n) is 8.04. The monoisotopic (exact) mass is 505 g/mol. The predicted molar refractivity (Wildman–Crippen MR) is 134 cm³/mol. The number of carbonyl (C=O) groups excluding carboxylic acids is 2. The van der Waals surface area contributed by atoms with E-state index in [1.807, 2.05) is 13.0 Å². The van der Waals surface area contributed by atoms with E-state index in [9.17, 15) is 18.0 Å². The van der Waals surface area contributed by atoms with Gasteiger partial charge in [-0.05, 0) is 36.6 Å². The number of ether oxygens (including phenoxy) is 2. The Labute approximate surface area is 208 Å². The van der Waals surface area contributed by atoms with Crippen LogP contribution in [-0.4, -0.2) is 76.2 Å². The molecule has 1 atom stereocenters. The van der Waals surface area contributed by atoms with Gasteiger partial charge < -0.3 is 19.7 Å². The largest absolute Gasteiger partial charge is 0.497 e. The Balaban J connectivity index is 2.39. The molecule has 0 unspecified atom stereocenters. The highest BCUT2D eigenvalue weighted by Gasteiger charge is 2.32. The first kappa shape index (κ1) is 28.3. The summed E-state index contributed by atoms with van der Waals surface area (Å²) in [5.74, 6) is -0.182. The number of methoxy groups -OCH3 is 1. The molecule has 35 heavy (non-hydrogen) atoms. The number of hydrogen-bond donors (Lipinski definition) is 1. The fourth-order valence-corrected chi connectivity index (χ4v) is 3.73. The quantitative estimate of drug-likeness (QED) is 0.395. The molecule has 192 valence electrons. The van der Waals surface area contributed by atoms with Crippen molar-refractivity contribution >= 4 is 21.8 Å². The summed E-state index contributed by atoms with van der Waals surface area (Å²) in [7, 11) is -0.692. The van der Waals surface area contributed by atoms with Gasteiger partial charge in [0, 0.05) is 33.4 Å². The Morgan fingerprint density at radius 1 is 1.06 bits per heavy atom. The summed E-state index contributed by atoms with van der Waals surface area (Å²) in [5.41, 5.74) is 1.39. The lowest BCUT2D eigenvalue weighted by Gasteiger charge is -2.32. The number of amides is 2. The maximum atomic E-state index is 13.5. The lowest BCUT2D eigenvalue weighted by Crippen LogP contribution is -2.47. The molecule has 1 N–H and O–H groups in total. The third-order valence-corrected chi connectivity index (χ3v) is 6.66. The average molecular weight is 506 g/mol. The van der Waals surface area contributed by atoms with Gasteiger partial charge in [0.25, 0.3) is 0 Å². The SMILES string of the molecule is CCOCCCNC(=O)[C@H](c1ccccc1)N(Cc1ccc(OC)cc1)C(=O)CN(C)S(C)(=O)=O. The van der Waals surface area contributed by atoms with E-state index in [1.54, 1.807) is 55.6 Å². The number of carbonyl (C=O) groups is 2. The number of likely N-dealkylation sites (N-methyl/N-ethyl adjacent to an activating group) is 1. The van der Waals surface area contributed by atoms with Crippen LogP contribution < -0.4 is 10.1 Å². The summed E-state index contributed by atoms with van der Waals surface area (Å²) in [6, 6.07) is 15.2. The van der Waals surface area contributed by atoms with Gasteiger partial charge in [-0.15, -0.1) is 0 Å². The second kappa shape index (κ2) is 13.8. The molecular weight excluding hydrogens is 470 g/mol. The molecule has 0 aliphatic carbocycles. The Hall–Kier alpha value is -2.95. The van der Waals surface area contributed by atoms with Gasteiger partial charge in [0.2, 0.25) is 21.8 Å². The van der Waals surface area contributed by atoms with Crippen LogP contribution in [0.1, 0.15) is 30.5 Å². The van der Waals surface area contributed by atoms with Gasteiger partial charge in [-0.25, -0.2) is 8.42 Å². The van der Waals surface area contributed by atoms with E-state index in [1.165, 1.54) is 11.9 Å². The van der Waals surface area contributed by atoms with Gasteiger partial charge >= 0.3 is 0 Å². The Bertz CT molecular complexity index is 1040. The average Bonchev–Trinajstić information content (AvgIpc) is 2.84. The molecule has 0 saturated carbocycles. The van der Waals surface area contributed by atoms with Crippen molar-refractivity contribution in [3.63, 3.8) is 0 Å². The number of sulfonamides is 1. The van der Waals surface area contributed by atoms with Gasteiger partial charge in [0.05, 0.1) is 19.9 Å². The smallest absolute Gasteiger partial charge is 0.247 e. The topological polar surface area (TPSA) is 105 Å². The highest BCUT2D eigenvalue weighted by atomic mass is 32.2. The van der Waals surface area contributed by atoms with Crippen molar-refractivity contribution in [3.05, 3.63) is 65.7 Å². The molecule has 0 heterocycles. The van der Waals surface area contributed by atoms with Crippen molar-refractivity contribution < 1.29 is 27.5 Å². The van der Waals surface area contributed by atoms with E-state index in [0.29, 0.717) is 37.5 Å². The van der Waals surface area contributed by atoms with Crippen molar-refractivity contribution in [2.24, 2.45) is 0 Å². The van der Waals surface area contributed by atoms with Crippen molar-refractivity contribution in [1.29, 1.82) is 0 Å². The van der Waals surface area contributed by atoms with Crippen molar-refractivity contribution in [1.82, 2.24) is 14.5 Å². The van der Waals surface area contributed by atoms with Crippen molar-refractivity contribution in [2.75, 3.05) is 46.7 Å². The fourth-order valence-electron chi connectivity index (χ4n) is 3.38. The van der Waals surface area contributed by atoms with Gasteiger partial charge in [0.15, 0.2) is 0 Å². The van der Waals surface area contributed by atoms with Crippen LogP contribution in [0.15, 0.2) is 54.6 Å². The number of benzene rings is 2. The van der Waals surface area contributed by atoms with Gasteiger partial charge in [-0.2, -0.15) is 4.31 Å². The highest BCUT2D eigenvalue weighted by Crippen LogP contribution is 2.25. The summed E-state index contributed by atoms with van der Waals surface area (Å²) in [6.07, 6.45) is 1.66. The number of hydrogen-bond acceptors (Lipinski definition) is 6. The normalized spacial score (nSPS) is 12.3. The molecule has 0 aliphatic heterocycles. The van der Waals surface area contributed by atoms with Gasteiger partial charge in [-0.1, -0.05) is 42.5 Å². The van der Waals surface area contributed by atoms with E-state index in [2.05, 4.69) is 5.32 Å². The predicted octanol–water partition coefficient (Wildman–Crippen LogP) is 2.20. The van der Waals surface area contributed by atoms with Crippen LogP contribution in [0.3, 0.4) is 0 Å². The Kier molecular flexibility index (Phi) is 11.2. The van der Waals surface area contributed by atoms with Crippen molar-refractivity contribution in [3.8, 4) is 5.75 Å². The number of nitrogens with zero attached hydrogens (tertiary/aromatic N) is 2. The number of rotatable bonds is 14. The molecule has 0 bridgehead atoms. The third kappa shape index (κ3) is 8.97. The van der Waals surface area contributed by atoms with E-state index in [-0.39, 0.29) is 12.5 Å². The molecule has 0 spiro atoms. The summed E-state index contributed by atoms with van der Waals surface area (Å²) in [4.78, 5) is 28.3. The van der Waals surface area contributed by atoms with Crippen LogP contribution in [-0.2, 0) is 30.9 Å². The van der Waals surface area contributed by atoms with Gasteiger partial charge in [-0.3, -0.25) is 9.59 Å². The first-order chi connectivity index (χ1) is 16.7. The zero-order valence-corrected chi connectivity index (χ0v) is 21.6. The summed E-state index contributed by atoms with van der Waals surface area (Å²) in [5, 5.41) is 2.90. The molecule has 0 aromatic heterocycles. The summed E-state index contributed by atoms with van der Waals surface area (Å²) >= 11 is 0. The maximum absolute atomic E-state index is 13.5. The summed E-state index contributed by atoms with van der Waals surface area (Å²) in [6.45, 7) is 3.11. The minimum absolute atomic E-state index is 0.104. The lowest BCUT2D eigenvalue weighted by molar-refractivity contribution is -0.141. The van der Waals surface area contributed by atoms with Crippen LogP contribution in [0, 0.1) is 0 Å². The highest BCUT2D eigenvalue weighted by molar-refractivity contribution is 7.88. The van der Waals surface area contributed by atoms with Crippen LogP contribution in [0.5, 0.6) is 5.75 Å². The molecule has 9 nitrogen and oxygen atoms in total. The molecule has 0 saturated heterocycles. The minimum Gasteiger partial charge on any atom is -0.497 e. The van der Waals surface area contributed by atoms with E-state index in [4.69, 9.17) is 9.47 Å². The minimum atomic E-state index is -3.59. The third-order valence-electron chi connectivity index (χ3n) is 5.40. The molecule has 0 aliphatic rings. The van der Waals surface area contributed by atoms with E-state index < -0.39 is 28.5 Å². The second-order valence-corrected chi connectivity index (χ2v) is 10.1. The Morgan fingerprint density at radius 3 is 2.29 bits per heavy atom. The standard InChI is InChI=1S/C25H35N3O6S/c1-5-34-17-9-16-26-25(30)24(21-10-7-6-8-11-21)28(23(29)19-27(2)35(4,31)32)18-20-12-14-22(33-3)15-13-20/h6-8,10-15,24H,5,9,16-19H2,1-4H3,(H,26,30)/t24-/m0/s1. The molecule has 0 fully saturated rings. The van der Waals surface area contributed by atoms with Crippen LogP contribution in [0.4, 0.5) is 0 Å². The fraction of sp³-hybridized carbons (Fsp3) is 0.440. The van der Waals surface area contributed by atoms with E-state index in [0.717, 1.165) is 16.1 Å². The van der Waals surface area contributed by atoms with Crippen LogP contribution >= 0.6 is 0 Å². The molecule has 2 aromatic carbocycles. The Morgan fingerprint density at radius 2 is 1.71 bits per heavy atom. The molecule has 0 radical (unpaired) electrons. The molecular formula is C25H35N3O6S. The van der Waals surface area contributed by atoms with Crippen molar-refractivity contribution in [2.45, 2.75) is 25.9 Å². The lowest BCUT2D eigenvalue weighted by atomic mass is 10.0. The molecule has 2 amide bonds. The zero-order valence-electron chi connectivity index (χ0n) is 20.8. The molecule has 2 rings (SSSR count). The van der Waals surface area contributed by atoms with Crippen LogP contribution in [0.25, 0.3) is 0 Å². The molecule has 10 heteroatoms. The molecule has 2 aromatic rings. The first-order valence-electron chi connectivity index (χ1n) is 11.4. The zero-order chi connectivity index (χ0) is 25.8. The maximum Gasteiger partial charge on any atom is 0.247 e. The number of nitrogens with one attached hydrogen (secondary N) is 1. The van der Waals surface area contributed by atoms with Crippen LogP contribution in [0.2, 0.25) is 0 Å².